The van der Waals surface area contributed by atoms with Crippen LogP contribution in [0.25, 0.3) is 0 Å². The molecule has 2 nitrogen and oxygen atoms in total. The zero-order valence-electron chi connectivity index (χ0n) is 4.22. The fourth-order valence-electron chi connectivity index (χ4n) is 0.258. The number of hydrogen-bond donors (Lipinski definition) is 2. The molecule has 0 aromatic heterocycles. The zero-order valence-corrected chi connectivity index (χ0v) is 5.03. The molecule has 0 bridgehead atoms. The first kappa shape index (κ1) is 6.59. The second-order valence-electron chi connectivity index (χ2n) is 0.908. The molecule has 1 rings (SSSR count). The smallest absolute Gasteiger partial charge is 0.00715 e. The number of nitrogens with one attached hydrogen (secondary N) is 1. The van der Waals surface area contributed by atoms with Gasteiger partial charge in [0, 0.05) is 12.4 Å². The van der Waals surface area contributed by atoms with Crippen molar-refractivity contribution in [1.29, 1.82) is 0 Å². The van der Waals surface area contributed by atoms with Crippen molar-refractivity contribution in [3.8, 4) is 0 Å². The van der Waals surface area contributed by atoms with Crippen LogP contribution >= 0.6 is 11.8 Å². The average molecular weight is 117 g/mol. The molecule has 0 unspecified atom stereocenters. The Kier molecular flexibility index (Phi) is 3.55. The van der Waals surface area contributed by atoms with Gasteiger partial charge in [-0.15, -0.1) is 11.8 Å². The lowest BCUT2D eigenvalue weighted by molar-refractivity contribution is 1.20. The lowest BCUT2D eigenvalue weighted by Crippen LogP contribution is -1.91. The molecule has 0 amide bonds. The van der Waals surface area contributed by atoms with E-state index in [0.29, 0.717) is 0 Å². The summed E-state index contributed by atoms with van der Waals surface area (Å²) >= 11 is 1.67. The molecule has 1 aliphatic heterocycles. The van der Waals surface area contributed by atoms with Crippen molar-refractivity contribution in [2.45, 2.75) is 0 Å². The minimum Gasteiger partial charge on any atom is -0.369 e. The number of hydrogen-bond acceptors (Lipinski definition) is 2. The molecule has 0 radical (unpaired) electrons. The first-order valence-corrected chi connectivity index (χ1v) is 2.66. The summed E-state index contributed by atoms with van der Waals surface area (Å²) in [4.78, 5) is 0. The summed E-state index contributed by atoms with van der Waals surface area (Å²) in [6.07, 6.45) is 3.79. The predicted molar refractivity (Wildman–Crippen MR) is 35.0 cm³/mol. The van der Waals surface area contributed by atoms with Crippen LogP contribution in [0.5, 0.6) is 0 Å². The van der Waals surface area contributed by atoms with Crippen LogP contribution in [0.3, 0.4) is 0 Å². The summed E-state index contributed by atoms with van der Waals surface area (Å²) in [5.41, 5.74) is 0. The largest absolute Gasteiger partial charge is 0.369 e. The molecule has 0 aliphatic carbocycles. The summed E-state index contributed by atoms with van der Waals surface area (Å²) in [6, 6.07) is 0. The summed E-state index contributed by atoms with van der Waals surface area (Å²) < 4.78 is 0. The molecule has 5 N–H and O–H groups in total. The Morgan fingerprint density at radius 2 is 1.71 bits per heavy atom. The van der Waals surface area contributed by atoms with Crippen LogP contribution in [-0.4, -0.2) is 0 Å². The molecular weight excluding hydrogens is 108 g/mol. The standard InChI is InChI=1S/C4H5NS.H3N/c1-3-6-4-2-5-1;/h1-5H;1H3/p+1. The number of quaternary nitrogens is 1. The van der Waals surface area contributed by atoms with Crippen LogP contribution in [0, 0.1) is 0 Å². The lowest BCUT2D eigenvalue weighted by Gasteiger charge is -1.91. The van der Waals surface area contributed by atoms with Crippen molar-refractivity contribution in [2.24, 2.45) is 0 Å². The molecule has 0 aromatic carbocycles. The normalized spacial score (nSPS) is 14.9. The number of rotatable bonds is 0. The van der Waals surface area contributed by atoms with Crippen molar-refractivity contribution >= 4 is 11.8 Å². The van der Waals surface area contributed by atoms with E-state index in [-0.39, 0.29) is 6.15 Å². The van der Waals surface area contributed by atoms with Crippen molar-refractivity contribution in [2.75, 3.05) is 0 Å². The van der Waals surface area contributed by atoms with Crippen LogP contribution < -0.4 is 11.5 Å². The van der Waals surface area contributed by atoms with E-state index in [2.05, 4.69) is 5.32 Å². The van der Waals surface area contributed by atoms with Crippen LogP contribution in [-0.2, 0) is 0 Å². The highest BCUT2D eigenvalue weighted by molar-refractivity contribution is 8.04. The highest BCUT2D eigenvalue weighted by atomic mass is 32.2. The molecule has 1 aliphatic rings. The average Bonchev–Trinajstić information content (AvgIpc) is 1.72. The fraction of sp³-hybridized carbons (Fsp3) is 0. The quantitative estimate of drug-likeness (QED) is 0.506. The molecule has 0 spiro atoms. The molecule has 0 saturated carbocycles. The highest BCUT2D eigenvalue weighted by Gasteiger charge is 1.73. The summed E-state index contributed by atoms with van der Waals surface area (Å²) in [5.74, 6) is 0. The lowest BCUT2D eigenvalue weighted by atomic mass is 10.9. The van der Waals surface area contributed by atoms with E-state index in [1.807, 2.05) is 23.2 Å². The summed E-state index contributed by atoms with van der Waals surface area (Å²) in [6.45, 7) is 0. The van der Waals surface area contributed by atoms with Gasteiger partial charge in [-0.3, -0.25) is 0 Å². The first-order valence-electron chi connectivity index (χ1n) is 1.72. The first-order chi connectivity index (χ1) is 3.00. The van der Waals surface area contributed by atoms with Crippen LogP contribution in [0.15, 0.2) is 23.2 Å². The number of thioether (sulfide) groups is 1. The Morgan fingerprint density at radius 1 is 1.14 bits per heavy atom. The van der Waals surface area contributed by atoms with E-state index >= 15 is 0 Å². The predicted octanol–water partition coefficient (Wildman–Crippen LogP) is 1.64. The van der Waals surface area contributed by atoms with Gasteiger partial charge >= 0.3 is 0 Å². The SMILES string of the molecule is C1=CSC=CN1.[NH4+]. The molecule has 0 atom stereocenters. The van der Waals surface area contributed by atoms with Gasteiger partial charge in [-0.1, -0.05) is 0 Å². The molecule has 40 valence electrons. The Balaban J connectivity index is 0.000000360. The monoisotopic (exact) mass is 117 g/mol. The molecule has 3 heteroatoms. The van der Waals surface area contributed by atoms with Gasteiger partial charge in [0.25, 0.3) is 0 Å². The molecule has 7 heavy (non-hydrogen) atoms. The third kappa shape index (κ3) is 2.31. The van der Waals surface area contributed by atoms with Crippen molar-refractivity contribution in [1.82, 2.24) is 11.5 Å². The molecule has 1 heterocycles. The van der Waals surface area contributed by atoms with Crippen molar-refractivity contribution in [3.05, 3.63) is 23.2 Å². The maximum atomic E-state index is 2.90. The maximum Gasteiger partial charge on any atom is 0.00715 e. The Bertz CT molecular complexity index is 67.7. The molecule has 0 saturated heterocycles. The van der Waals surface area contributed by atoms with Gasteiger partial charge in [-0.05, 0) is 10.8 Å². The third-order valence-corrected chi connectivity index (χ3v) is 1.07. The van der Waals surface area contributed by atoms with Gasteiger partial charge in [-0.25, -0.2) is 0 Å². The second-order valence-corrected chi connectivity index (χ2v) is 1.72. The van der Waals surface area contributed by atoms with E-state index in [0.717, 1.165) is 0 Å². The van der Waals surface area contributed by atoms with Gasteiger partial charge in [0.2, 0.25) is 0 Å². The van der Waals surface area contributed by atoms with Crippen LogP contribution in [0.2, 0.25) is 0 Å². The molecule has 0 aromatic rings. The molecule has 0 fully saturated rings. The minimum absolute atomic E-state index is 0. The van der Waals surface area contributed by atoms with Gasteiger partial charge in [0.15, 0.2) is 0 Å². The Labute approximate surface area is 47.3 Å². The second kappa shape index (κ2) is 3.77. The summed E-state index contributed by atoms with van der Waals surface area (Å²) in [7, 11) is 0. The van der Waals surface area contributed by atoms with Gasteiger partial charge in [0.05, 0.1) is 0 Å². The minimum atomic E-state index is 0. The zero-order chi connectivity index (χ0) is 4.24. The molecular formula is C4H9N2S+. The van der Waals surface area contributed by atoms with Crippen LogP contribution in [0.1, 0.15) is 0 Å². The van der Waals surface area contributed by atoms with Crippen molar-refractivity contribution in [3.63, 3.8) is 0 Å². The van der Waals surface area contributed by atoms with E-state index in [4.69, 9.17) is 0 Å². The van der Waals surface area contributed by atoms with Gasteiger partial charge in [-0.2, -0.15) is 0 Å². The van der Waals surface area contributed by atoms with E-state index in [1.165, 1.54) is 0 Å². The fourth-order valence-corrected chi connectivity index (χ4v) is 0.663. The summed E-state index contributed by atoms with van der Waals surface area (Å²) in [5, 5.41) is 6.88. The van der Waals surface area contributed by atoms with E-state index in [1.54, 1.807) is 11.8 Å². The van der Waals surface area contributed by atoms with E-state index in [9.17, 15) is 0 Å². The van der Waals surface area contributed by atoms with E-state index < -0.39 is 0 Å². The Morgan fingerprint density at radius 3 is 1.86 bits per heavy atom. The highest BCUT2D eigenvalue weighted by Crippen LogP contribution is 2.04. The third-order valence-electron chi connectivity index (χ3n) is 0.486. The maximum absolute atomic E-state index is 2.90. The van der Waals surface area contributed by atoms with Crippen molar-refractivity contribution < 1.29 is 0 Å². The topological polar surface area (TPSA) is 48.5 Å². The van der Waals surface area contributed by atoms with Gasteiger partial charge in [0.1, 0.15) is 0 Å². The van der Waals surface area contributed by atoms with Gasteiger partial charge < -0.3 is 11.5 Å². The van der Waals surface area contributed by atoms with Crippen LogP contribution in [0.4, 0.5) is 0 Å². The Hall–Kier alpha value is -0.410.